The van der Waals surface area contributed by atoms with Crippen molar-refractivity contribution in [3.8, 4) is 0 Å². The topological polar surface area (TPSA) is 49.4 Å². The Hall–Kier alpha value is -0.690. The molecule has 4 nitrogen and oxygen atoms in total. The zero-order chi connectivity index (χ0) is 14.4. The molecule has 0 aliphatic carbocycles. The van der Waals surface area contributed by atoms with Crippen LogP contribution in [0.25, 0.3) is 0 Å². The lowest BCUT2D eigenvalue weighted by molar-refractivity contribution is 0.338. The molecule has 0 amide bonds. The molecule has 2 fully saturated rings. The van der Waals surface area contributed by atoms with Crippen LogP contribution in [0.5, 0.6) is 0 Å². The molecule has 20 heavy (non-hydrogen) atoms. The van der Waals surface area contributed by atoms with Crippen LogP contribution >= 0.6 is 11.6 Å². The first-order chi connectivity index (χ1) is 9.43. The maximum Gasteiger partial charge on any atom is 0.244 e. The first-order valence-corrected chi connectivity index (χ1v) is 8.41. The molecule has 110 valence electrons. The average Bonchev–Trinajstić information content (AvgIpc) is 3.04. The van der Waals surface area contributed by atoms with Gasteiger partial charge in [-0.15, -0.1) is 0 Å². The Balaban J connectivity index is 1.91. The van der Waals surface area contributed by atoms with Crippen molar-refractivity contribution in [1.82, 2.24) is 9.62 Å². The van der Waals surface area contributed by atoms with E-state index in [2.05, 4.69) is 5.32 Å². The third kappa shape index (κ3) is 2.35. The highest BCUT2D eigenvalue weighted by atomic mass is 35.5. The quantitative estimate of drug-likeness (QED) is 0.905. The summed E-state index contributed by atoms with van der Waals surface area (Å²) in [5, 5.41) is 3.35. The highest BCUT2D eigenvalue weighted by Gasteiger charge is 2.44. The molecule has 0 aromatic heterocycles. The minimum atomic E-state index is -3.72. The van der Waals surface area contributed by atoms with Gasteiger partial charge in [-0.25, -0.2) is 12.8 Å². The molecule has 0 bridgehead atoms. The second-order valence-electron chi connectivity index (χ2n) is 5.59. The van der Waals surface area contributed by atoms with Gasteiger partial charge in [-0.1, -0.05) is 11.6 Å². The molecule has 2 saturated heterocycles. The smallest absolute Gasteiger partial charge is 0.244 e. The van der Waals surface area contributed by atoms with Crippen molar-refractivity contribution in [1.29, 1.82) is 0 Å². The van der Waals surface area contributed by atoms with Gasteiger partial charge in [0.2, 0.25) is 10.0 Å². The van der Waals surface area contributed by atoms with E-state index in [4.69, 9.17) is 11.6 Å². The zero-order valence-electron chi connectivity index (χ0n) is 10.9. The maximum absolute atomic E-state index is 13.3. The number of hydrogen-bond acceptors (Lipinski definition) is 3. The molecular formula is C13H16ClFN2O2S. The summed E-state index contributed by atoms with van der Waals surface area (Å²) in [6.07, 6.45) is 1.82. The summed E-state index contributed by atoms with van der Waals surface area (Å²) >= 11 is 5.93. The molecule has 1 aromatic carbocycles. The molecule has 1 spiro atoms. The van der Waals surface area contributed by atoms with Gasteiger partial charge in [0.05, 0.1) is 5.02 Å². The van der Waals surface area contributed by atoms with Crippen LogP contribution in [0.4, 0.5) is 4.39 Å². The molecule has 2 aliphatic rings. The van der Waals surface area contributed by atoms with Gasteiger partial charge in [0.15, 0.2) is 0 Å². The predicted molar refractivity (Wildman–Crippen MR) is 74.7 cm³/mol. The molecule has 2 aliphatic heterocycles. The minimum Gasteiger partial charge on any atom is -0.316 e. The maximum atomic E-state index is 13.3. The Morgan fingerprint density at radius 2 is 2.15 bits per heavy atom. The average molecular weight is 319 g/mol. The molecule has 0 radical (unpaired) electrons. The van der Waals surface area contributed by atoms with Crippen LogP contribution in [0.3, 0.4) is 0 Å². The summed E-state index contributed by atoms with van der Waals surface area (Å²) in [5.41, 5.74) is 0.0346. The van der Waals surface area contributed by atoms with Gasteiger partial charge in [-0.05, 0) is 43.0 Å². The third-order valence-corrected chi connectivity index (χ3v) is 6.57. The molecule has 3 rings (SSSR count). The summed E-state index contributed by atoms with van der Waals surface area (Å²) in [6.45, 7) is 2.72. The van der Waals surface area contributed by atoms with Gasteiger partial charge in [0, 0.05) is 19.6 Å². The summed E-state index contributed by atoms with van der Waals surface area (Å²) in [4.78, 5) is -0.137. The Morgan fingerprint density at radius 1 is 1.35 bits per heavy atom. The van der Waals surface area contributed by atoms with Crippen molar-refractivity contribution in [2.24, 2.45) is 5.41 Å². The highest BCUT2D eigenvalue weighted by molar-refractivity contribution is 7.89. The van der Waals surface area contributed by atoms with Gasteiger partial charge in [0.25, 0.3) is 0 Å². The van der Waals surface area contributed by atoms with Gasteiger partial charge in [-0.2, -0.15) is 4.31 Å². The molecule has 1 N–H and O–H groups in total. The van der Waals surface area contributed by atoms with Crippen LogP contribution in [0.2, 0.25) is 5.02 Å². The Bertz CT molecular complexity index is 629. The SMILES string of the molecule is O=S(=O)(c1cc(F)ccc1Cl)N1CCC2(CCNC2)C1. The fourth-order valence-electron chi connectivity index (χ4n) is 3.06. The Kier molecular flexibility index (Phi) is 3.52. The molecule has 1 unspecified atom stereocenters. The number of nitrogens with zero attached hydrogens (tertiary/aromatic N) is 1. The van der Waals surface area contributed by atoms with Gasteiger partial charge < -0.3 is 5.32 Å². The summed E-state index contributed by atoms with van der Waals surface area (Å²) in [5.74, 6) is -0.593. The van der Waals surface area contributed by atoms with Crippen molar-refractivity contribution < 1.29 is 12.8 Å². The lowest BCUT2D eigenvalue weighted by Crippen LogP contribution is -2.33. The molecular weight excluding hydrogens is 303 g/mol. The first-order valence-electron chi connectivity index (χ1n) is 6.59. The standard InChI is InChI=1S/C13H16ClFN2O2S/c14-11-2-1-10(15)7-12(11)20(18,19)17-6-4-13(9-17)3-5-16-8-13/h1-2,7,16H,3-6,8-9H2. The van der Waals surface area contributed by atoms with Crippen LogP contribution in [0, 0.1) is 11.2 Å². The second-order valence-corrected chi connectivity index (χ2v) is 7.90. The lowest BCUT2D eigenvalue weighted by Gasteiger charge is -2.22. The zero-order valence-corrected chi connectivity index (χ0v) is 12.5. The van der Waals surface area contributed by atoms with Gasteiger partial charge in [-0.3, -0.25) is 0 Å². The number of benzene rings is 1. The van der Waals surface area contributed by atoms with Crippen molar-refractivity contribution in [3.63, 3.8) is 0 Å². The van der Waals surface area contributed by atoms with Crippen LogP contribution in [-0.2, 0) is 10.0 Å². The fraction of sp³-hybridized carbons (Fsp3) is 0.538. The van der Waals surface area contributed by atoms with Crippen LogP contribution in [-0.4, -0.2) is 38.9 Å². The summed E-state index contributed by atoms with van der Waals surface area (Å²) in [7, 11) is -3.72. The van der Waals surface area contributed by atoms with Crippen LogP contribution in [0.15, 0.2) is 23.1 Å². The summed E-state index contributed by atoms with van der Waals surface area (Å²) in [6, 6.07) is 3.44. The van der Waals surface area contributed by atoms with E-state index >= 15 is 0 Å². The third-order valence-electron chi connectivity index (χ3n) is 4.25. The monoisotopic (exact) mass is 318 g/mol. The van der Waals surface area contributed by atoms with Gasteiger partial charge in [0.1, 0.15) is 10.7 Å². The van der Waals surface area contributed by atoms with Crippen molar-refractivity contribution in [2.45, 2.75) is 17.7 Å². The number of nitrogens with one attached hydrogen (secondary N) is 1. The summed E-state index contributed by atoms with van der Waals surface area (Å²) < 4.78 is 39.9. The molecule has 7 heteroatoms. The van der Waals surface area contributed by atoms with Gasteiger partial charge >= 0.3 is 0 Å². The molecule has 2 heterocycles. The minimum absolute atomic E-state index is 0.0346. The Labute approximate surface area is 123 Å². The second kappa shape index (κ2) is 4.94. The normalized spacial score (nSPS) is 27.5. The van der Waals surface area contributed by atoms with E-state index in [-0.39, 0.29) is 15.3 Å². The van der Waals surface area contributed by atoms with E-state index in [9.17, 15) is 12.8 Å². The molecule has 1 aromatic rings. The number of hydrogen-bond donors (Lipinski definition) is 1. The largest absolute Gasteiger partial charge is 0.316 e. The van der Waals surface area contributed by atoms with E-state index < -0.39 is 15.8 Å². The molecule has 0 saturated carbocycles. The van der Waals surface area contributed by atoms with E-state index in [1.165, 1.54) is 10.4 Å². The number of halogens is 2. The predicted octanol–water partition coefficient (Wildman–Crippen LogP) is 1.85. The molecule has 1 atom stereocenters. The number of rotatable bonds is 2. The van der Waals surface area contributed by atoms with Crippen molar-refractivity contribution in [2.75, 3.05) is 26.2 Å². The lowest BCUT2D eigenvalue weighted by atomic mass is 9.87. The van der Waals surface area contributed by atoms with E-state index in [0.717, 1.165) is 38.1 Å². The van der Waals surface area contributed by atoms with E-state index in [1.54, 1.807) is 0 Å². The Morgan fingerprint density at radius 3 is 2.85 bits per heavy atom. The fourth-order valence-corrected chi connectivity index (χ4v) is 5.10. The van der Waals surface area contributed by atoms with Crippen LogP contribution in [0.1, 0.15) is 12.8 Å². The highest BCUT2D eigenvalue weighted by Crippen LogP contribution is 2.39. The van der Waals surface area contributed by atoms with Crippen LogP contribution < -0.4 is 5.32 Å². The van der Waals surface area contributed by atoms with Crippen molar-refractivity contribution in [3.05, 3.63) is 29.0 Å². The number of sulfonamides is 1. The first kappa shape index (κ1) is 14.3. The van der Waals surface area contributed by atoms with E-state index in [0.29, 0.717) is 13.1 Å². The van der Waals surface area contributed by atoms with E-state index in [1.807, 2.05) is 0 Å². The van der Waals surface area contributed by atoms with Crippen molar-refractivity contribution >= 4 is 21.6 Å².